The van der Waals surface area contributed by atoms with Crippen LogP contribution in [0.25, 0.3) is 0 Å². The summed E-state index contributed by atoms with van der Waals surface area (Å²) in [4.78, 5) is 24.8. The minimum absolute atomic E-state index is 0.00908. The minimum atomic E-state index is -4.42. The van der Waals surface area contributed by atoms with Crippen molar-refractivity contribution in [2.75, 3.05) is 19.8 Å². The van der Waals surface area contributed by atoms with E-state index in [-0.39, 0.29) is 40.7 Å². The maximum absolute atomic E-state index is 14.1. The summed E-state index contributed by atoms with van der Waals surface area (Å²) >= 11 is 0. The van der Waals surface area contributed by atoms with Gasteiger partial charge in [-0.1, -0.05) is 59.1 Å². The molecule has 1 heterocycles. The standard InChI is InChI=1S/C33H50F3N3O4Si/c1-9-10-20-42-28-27(30(41)39(23(2)3)19-21-43-44(7,8)31(4,5)6)37-26(38-29(28)40)22-32(17-11-12-18-32)24-13-15-25(16-14-24)33(34,35)36/h13-16,23H,9-12,17-22H2,1-8H3,(H,37,38,40). The highest BCUT2D eigenvalue weighted by Crippen LogP contribution is 2.45. The van der Waals surface area contributed by atoms with Gasteiger partial charge in [-0.25, -0.2) is 4.98 Å². The van der Waals surface area contributed by atoms with Gasteiger partial charge in [0.2, 0.25) is 5.75 Å². The van der Waals surface area contributed by atoms with Gasteiger partial charge >= 0.3 is 6.18 Å². The van der Waals surface area contributed by atoms with E-state index in [1.54, 1.807) is 4.90 Å². The van der Waals surface area contributed by atoms with E-state index >= 15 is 0 Å². The number of unbranched alkanes of at least 4 members (excludes halogenated alkanes) is 1. The first kappa shape index (κ1) is 35.8. The fourth-order valence-electron chi connectivity index (χ4n) is 5.44. The summed E-state index contributed by atoms with van der Waals surface area (Å²) in [7, 11) is -2.04. The van der Waals surface area contributed by atoms with Crippen molar-refractivity contribution >= 4 is 14.2 Å². The Balaban J connectivity index is 1.98. The molecule has 3 rings (SSSR count). The van der Waals surface area contributed by atoms with Gasteiger partial charge in [-0.3, -0.25) is 4.79 Å². The third-order valence-corrected chi connectivity index (χ3v) is 13.7. The molecule has 2 aromatic rings. The number of aromatic nitrogens is 2. The minimum Gasteiger partial charge on any atom is -0.491 e. The van der Waals surface area contributed by atoms with Crippen molar-refractivity contribution in [1.29, 1.82) is 0 Å². The maximum atomic E-state index is 14.1. The Labute approximate surface area is 261 Å². The van der Waals surface area contributed by atoms with Crippen LogP contribution in [0.1, 0.15) is 108 Å². The van der Waals surface area contributed by atoms with Crippen LogP contribution in [0.2, 0.25) is 18.1 Å². The predicted molar refractivity (Wildman–Crippen MR) is 169 cm³/mol. The summed E-state index contributed by atoms with van der Waals surface area (Å²) in [5, 5.41) is 11.1. The number of carbonyl (C=O) groups excluding carboxylic acids is 1. The third-order valence-electron chi connectivity index (χ3n) is 9.21. The summed E-state index contributed by atoms with van der Waals surface area (Å²) in [5.74, 6) is -0.578. The molecule has 1 N–H and O–H groups in total. The van der Waals surface area contributed by atoms with Gasteiger partial charge in [0, 0.05) is 24.4 Å². The van der Waals surface area contributed by atoms with Crippen LogP contribution >= 0.6 is 0 Å². The van der Waals surface area contributed by atoms with Crippen LogP contribution < -0.4 is 4.74 Å². The Bertz CT molecular complexity index is 1250. The zero-order valence-electron chi connectivity index (χ0n) is 27.6. The monoisotopic (exact) mass is 637 g/mol. The van der Waals surface area contributed by atoms with Crippen molar-refractivity contribution in [3.8, 4) is 11.6 Å². The van der Waals surface area contributed by atoms with E-state index in [1.165, 1.54) is 12.1 Å². The number of ether oxygens (including phenoxy) is 1. The number of halogens is 3. The fraction of sp³-hybridized carbons (Fsp3) is 0.667. The fourth-order valence-corrected chi connectivity index (χ4v) is 6.47. The Morgan fingerprint density at radius 3 is 2.20 bits per heavy atom. The molecular formula is C33H50F3N3O4Si. The van der Waals surface area contributed by atoms with Crippen LogP contribution in [0.5, 0.6) is 11.6 Å². The lowest BCUT2D eigenvalue weighted by Gasteiger charge is -2.37. The van der Waals surface area contributed by atoms with E-state index in [2.05, 4.69) is 38.8 Å². The van der Waals surface area contributed by atoms with E-state index in [0.29, 0.717) is 19.8 Å². The van der Waals surface area contributed by atoms with Gasteiger partial charge in [-0.2, -0.15) is 18.2 Å². The van der Waals surface area contributed by atoms with Gasteiger partial charge in [0.25, 0.3) is 11.8 Å². The zero-order valence-corrected chi connectivity index (χ0v) is 28.6. The lowest BCUT2D eigenvalue weighted by molar-refractivity contribution is -0.137. The molecule has 246 valence electrons. The highest BCUT2D eigenvalue weighted by molar-refractivity contribution is 6.74. The lowest BCUT2D eigenvalue weighted by Crippen LogP contribution is -2.45. The molecule has 0 atom stereocenters. The summed E-state index contributed by atoms with van der Waals surface area (Å²) in [6.45, 7) is 17.7. The van der Waals surface area contributed by atoms with Crippen molar-refractivity contribution in [3.63, 3.8) is 0 Å². The Morgan fingerprint density at radius 1 is 1.07 bits per heavy atom. The van der Waals surface area contributed by atoms with Crippen LogP contribution in [0, 0.1) is 0 Å². The molecule has 0 unspecified atom stereocenters. The number of benzene rings is 1. The number of amides is 1. The molecule has 1 fully saturated rings. The third kappa shape index (κ3) is 8.53. The average Bonchev–Trinajstić information content (AvgIpc) is 3.40. The molecular weight excluding hydrogens is 587 g/mol. The van der Waals surface area contributed by atoms with Crippen molar-refractivity contribution < 1.29 is 32.2 Å². The average molecular weight is 638 g/mol. The van der Waals surface area contributed by atoms with E-state index < -0.39 is 31.4 Å². The molecule has 1 saturated carbocycles. The van der Waals surface area contributed by atoms with Crippen LogP contribution in [0.15, 0.2) is 24.3 Å². The van der Waals surface area contributed by atoms with Gasteiger partial charge < -0.3 is 19.2 Å². The predicted octanol–water partition coefficient (Wildman–Crippen LogP) is 8.31. The van der Waals surface area contributed by atoms with E-state index in [0.717, 1.165) is 56.2 Å². The first-order valence-corrected chi connectivity index (χ1v) is 18.7. The Hall–Kier alpha value is -2.66. The van der Waals surface area contributed by atoms with Gasteiger partial charge in [-0.15, -0.1) is 0 Å². The van der Waals surface area contributed by atoms with Crippen LogP contribution in [-0.4, -0.2) is 60.0 Å². The van der Waals surface area contributed by atoms with Gasteiger partial charge in [0.15, 0.2) is 14.0 Å². The zero-order chi connectivity index (χ0) is 32.9. The number of nitrogens with zero attached hydrogens (tertiary/aromatic N) is 3. The lowest BCUT2D eigenvalue weighted by atomic mass is 9.75. The molecule has 1 aromatic heterocycles. The van der Waals surface area contributed by atoms with Crippen molar-refractivity contribution in [1.82, 2.24) is 14.9 Å². The van der Waals surface area contributed by atoms with E-state index in [9.17, 15) is 23.1 Å². The molecule has 11 heteroatoms. The molecule has 0 aliphatic heterocycles. The maximum Gasteiger partial charge on any atom is 0.416 e. The molecule has 1 aliphatic rings. The van der Waals surface area contributed by atoms with Gasteiger partial charge in [-0.05, 0) is 68.9 Å². The Kier molecular flexibility index (Phi) is 11.5. The molecule has 0 bridgehead atoms. The first-order chi connectivity index (χ1) is 20.4. The first-order valence-electron chi connectivity index (χ1n) is 15.8. The van der Waals surface area contributed by atoms with Crippen LogP contribution in [0.3, 0.4) is 0 Å². The largest absolute Gasteiger partial charge is 0.491 e. The number of rotatable bonds is 13. The van der Waals surface area contributed by atoms with E-state index in [4.69, 9.17) is 14.1 Å². The van der Waals surface area contributed by atoms with Crippen molar-refractivity contribution in [2.24, 2.45) is 0 Å². The number of aromatic hydroxyl groups is 1. The topological polar surface area (TPSA) is 84.8 Å². The Morgan fingerprint density at radius 2 is 1.68 bits per heavy atom. The number of carbonyl (C=O) groups is 1. The van der Waals surface area contributed by atoms with Crippen molar-refractivity contribution in [2.45, 2.75) is 122 Å². The number of alkyl halides is 3. The highest BCUT2D eigenvalue weighted by Gasteiger charge is 2.40. The molecule has 44 heavy (non-hydrogen) atoms. The second-order valence-corrected chi connectivity index (χ2v) is 18.6. The molecule has 1 aromatic carbocycles. The quantitative estimate of drug-likeness (QED) is 0.176. The van der Waals surface area contributed by atoms with Gasteiger partial charge in [0.05, 0.1) is 18.8 Å². The summed E-state index contributed by atoms with van der Waals surface area (Å²) in [6.07, 6.45) is 0.738. The normalized spacial score (nSPS) is 15.5. The molecule has 0 spiro atoms. The van der Waals surface area contributed by atoms with Crippen LogP contribution in [-0.2, 0) is 22.4 Å². The summed E-state index contributed by atoms with van der Waals surface area (Å²) < 4.78 is 52.0. The summed E-state index contributed by atoms with van der Waals surface area (Å²) in [5.41, 5.74) is -0.439. The smallest absolute Gasteiger partial charge is 0.416 e. The van der Waals surface area contributed by atoms with Gasteiger partial charge in [0.1, 0.15) is 5.82 Å². The molecule has 1 amide bonds. The van der Waals surface area contributed by atoms with Crippen LogP contribution in [0.4, 0.5) is 13.2 Å². The number of hydrogen-bond acceptors (Lipinski definition) is 6. The van der Waals surface area contributed by atoms with Crippen molar-refractivity contribution in [3.05, 3.63) is 46.9 Å². The second-order valence-electron chi connectivity index (χ2n) is 13.8. The molecule has 0 radical (unpaired) electrons. The molecule has 7 nitrogen and oxygen atoms in total. The van der Waals surface area contributed by atoms with E-state index in [1.807, 2.05) is 20.8 Å². The second kappa shape index (κ2) is 14.2. The molecule has 0 saturated heterocycles. The SMILES string of the molecule is CCCCOc1c(O)nc(CC2(c3ccc(C(F)(F)F)cc3)CCCC2)nc1C(=O)N(CCO[Si](C)(C)C(C)(C)C)C(C)C. The number of hydrogen-bond donors (Lipinski definition) is 1. The summed E-state index contributed by atoms with van der Waals surface area (Å²) in [6, 6.07) is 5.11. The molecule has 1 aliphatic carbocycles. The highest BCUT2D eigenvalue weighted by atomic mass is 28.4.